The second-order valence-corrected chi connectivity index (χ2v) is 7.27. The van der Waals surface area contributed by atoms with Gasteiger partial charge >= 0.3 is 0 Å². The summed E-state index contributed by atoms with van der Waals surface area (Å²) < 4.78 is 17.4. The predicted molar refractivity (Wildman–Crippen MR) is 103 cm³/mol. The lowest BCUT2D eigenvalue weighted by Crippen LogP contribution is -2.43. The first-order chi connectivity index (χ1) is 13.0. The van der Waals surface area contributed by atoms with Gasteiger partial charge in [0.25, 0.3) is 0 Å². The van der Waals surface area contributed by atoms with Crippen LogP contribution in [0.15, 0.2) is 36.7 Å². The van der Waals surface area contributed by atoms with Crippen LogP contribution in [0.25, 0.3) is 0 Å². The number of hydrogen-bond acceptors (Lipinski definition) is 6. The second-order valence-electron chi connectivity index (χ2n) is 7.27. The van der Waals surface area contributed by atoms with Crippen molar-refractivity contribution in [3.8, 4) is 5.75 Å². The molecule has 0 bridgehead atoms. The Morgan fingerprint density at radius 1 is 1.30 bits per heavy atom. The Kier molecular flexibility index (Phi) is 6.23. The van der Waals surface area contributed by atoms with Crippen molar-refractivity contribution in [2.24, 2.45) is 0 Å². The van der Waals surface area contributed by atoms with Gasteiger partial charge in [-0.3, -0.25) is 4.90 Å². The third-order valence-corrected chi connectivity index (χ3v) is 4.73. The van der Waals surface area contributed by atoms with Crippen LogP contribution in [0.3, 0.4) is 0 Å². The predicted octanol–water partition coefficient (Wildman–Crippen LogP) is 2.21. The van der Waals surface area contributed by atoms with Crippen molar-refractivity contribution in [3.63, 3.8) is 0 Å². The molecule has 2 heterocycles. The van der Waals surface area contributed by atoms with E-state index in [2.05, 4.69) is 19.8 Å². The fourth-order valence-electron chi connectivity index (χ4n) is 3.51. The van der Waals surface area contributed by atoms with E-state index in [4.69, 9.17) is 4.74 Å². The molecule has 1 aliphatic heterocycles. The molecule has 0 amide bonds. The van der Waals surface area contributed by atoms with Gasteiger partial charge in [0.1, 0.15) is 31.2 Å². The van der Waals surface area contributed by atoms with E-state index in [1.165, 1.54) is 0 Å². The zero-order valence-corrected chi connectivity index (χ0v) is 15.9. The molecule has 0 spiro atoms. The molecule has 7 heteroatoms. The van der Waals surface area contributed by atoms with Gasteiger partial charge in [-0.15, -0.1) is 0 Å². The van der Waals surface area contributed by atoms with Crippen LogP contribution >= 0.6 is 0 Å². The first-order valence-corrected chi connectivity index (χ1v) is 9.20. The lowest BCUT2D eigenvalue weighted by molar-refractivity contribution is 0.0279. The molecule has 1 fully saturated rings. The summed E-state index contributed by atoms with van der Waals surface area (Å²) in [7, 11) is 2.00. The SMILES string of the molecule is Cc1cc(N2CC[C@@](O)(CN(C)Cc3ccc(OCCF)cc3)C2)ncn1. The highest BCUT2D eigenvalue weighted by atomic mass is 19.1. The Hall–Kier alpha value is -2.25. The molecule has 2 aromatic rings. The van der Waals surface area contributed by atoms with Gasteiger partial charge in [-0.1, -0.05) is 12.1 Å². The summed E-state index contributed by atoms with van der Waals surface area (Å²) in [5.41, 5.74) is 1.28. The number of hydrogen-bond donors (Lipinski definition) is 1. The average Bonchev–Trinajstić information content (AvgIpc) is 3.03. The first kappa shape index (κ1) is 19.5. The molecule has 0 radical (unpaired) electrons. The number of aromatic nitrogens is 2. The van der Waals surface area contributed by atoms with E-state index in [-0.39, 0.29) is 6.61 Å². The van der Waals surface area contributed by atoms with Gasteiger partial charge in [0.15, 0.2) is 0 Å². The van der Waals surface area contributed by atoms with Crippen LogP contribution in [0.4, 0.5) is 10.2 Å². The van der Waals surface area contributed by atoms with Crippen LogP contribution in [0, 0.1) is 6.92 Å². The Morgan fingerprint density at radius 2 is 2.07 bits per heavy atom. The number of likely N-dealkylation sites (N-methyl/N-ethyl adjacent to an activating group) is 1. The van der Waals surface area contributed by atoms with E-state index in [9.17, 15) is 9.50 Å². The first-order valence-electron chi connectivity index (χ1n) is 9.20. The fraction of sp³-hybridized carbons (Fsp3) is 0.500. The van der Waals surface area contributed by atoms with Crippen LogP contribution in [-0.4, -0.2) is 65.5 Å². The highest BCUT2D eigenvalue weighted by molar-refractivity contribution is 5.41. The van der Waals surface area contributed by atoms with Gasteiger partial charge in [0, 0.05) is 37.9 Å². The molecule has 0 aliphatic carbocycles. The van der Waals surface area contributed by atoms with Crippen LogP contribution in [0.1, 0.15) is 17.7 Å². The van der Waals surface area contributed by atoms with Crippen LogP contribution in [0.5, 0.6) is 5.75 Å². The fourth-order valence-corrected chi connectivity index (χ4v) is 3.51. The van der Waals surface area contributed by atoms with Crippen molar-refractivity contribution in [1.29, 1.82) is 0 Å². The molecular formula is C20H27FN4O2. The van der Waals surface area contributed by atoms with E-state index in [0.717, 1.165) is 30.2 Å². The maximum absolute atomic E-state index is 12.1. The smallest absolute Gasteiger partial charge is 0.132 e. The molecule has 3 rings (SSSR count). The van der Waals surface area contributed by atoms with Gasteiger partial charge in [-0.2, -0.15) is 0 Å². The average molecular weight is 374 g/mol. The maximum Gasteiger partial charge on any atom is 0.132 e. The van der Waals surface area contributed by atoms with Crippen molar-refractivity contribution in [1.82, 2.24) is 14.9 Å². The van der Waals surface area contributed by atoms with Gasteiger partial charge in [0.2, 0.25) is 0 Å². The number of rotatable bonds is 8. The van der Waals surface area contributed by atoms with E-state index in [1.54, 1.807) is 6.33 Å². The number of ether oxygens (including phenoxy) is 1. The largest absolute Gasteiger partial charge is 0.491 e. The van der Waals surface area contributed by atoms with Gasteiger partial charge in [-0.25, -0.2) is 14.4 Å². The highest BCUT2D eigenvalue weighted by Gasteiger charge is 2.37. The molecule has 6 nitrogen and oxygen atoms in total. The van der Waals surface area contributed by atoms with E-state index in [1.807, 2.05) is 44.3 Å². The Labute approximate surface area is 159 Å². The normalized spacial score (nSPS) is 19.7. The summed E-state index contributed by atoms with van der Waals surface area (Å²) in [6.45, 7) is 4.16. The minimum Gasteiger partial charge on any atom is -0.491 e. The maximum atomic E-state index is 12.1. The van der Waals surface area contributed by atoms with Crippen molar-refractivity contribution in [2.75, 3.05) is 44.9 Å². The van der Waals surface area contributed by atoms with Crippen molar-refractivity contribution >= 4 is 5.82 Å². The van der Waals surface area contributed by atoms with Crippen molar-refractivity contribution < 1.29 is 14.2 Å². The standard InChI is InChI=1S/C20H27FN4O2/c1-16-11-19(23-15-22-16)25-9-7-20(26,14-25)13-24(2)12-17-3-5-18(6-4-17)27-10-8-21/h3-6,11,15,26H,7-10,12-14H2,1-2H3/t20-/m1/s1. The molecule has 1 aromatic heterocycles. The minimum absolute atomic E-state index is 0.0780. The summed E-state index contributed by atoms with van der Waals surface area (Å²) in [6.07, 6.45) is 2.27. The molecule has 1 aliphatic rings. The third-order valence-electron chi connectivity index (χ3n) is 4.73. The number of aryl methyl sites for hydroxylation is 1. The molecule has 1 saturated heterocycles. The molecule has 0 saturated carbocycles. The molecule has 27 heavy (non-hydrogen) atoms. The van der Waals surface area contributed by atoms with Gasteiger partial charge in [-0.05, 0) is 38.1 Å². The number of benzene rings is 1. The lowest BCUT2D eigenvalue weighted by Gasteiger charge is -2.29. The number of halogens is 1. The molecule has 0 unspecified atom stereocenters. The van der Waals surface area contributed by atoms with Crippen LogP contribution < -0.4 is 9.64 Å². The molecular weight excluding hydrogens is 347 g/mol. The summed E-state index contributed by atoms with van der Waals surface area (Å²) in [4.78, 5) is 12.7. The monoisotopic (exact) mass is 374 g/mol. The van der Waals surface area contributed by atoms with Crippen molar-refractivity contribution in [3.05, 3.63) is 47.9 Å². The summed E-state index contributed by atoms with van der Waals surface area (Å²) in [5, 5.41) is 11.0. The minimum atomic E-state index is -0.766. The Morgan fingerprint density at radius 3 is 2.78 bits per heavy atom. The van der Waals surface area contributed by atoms with E-state index >= 15 is 0 Å². The second kappa shape index (κ2) is 8.63. The van der Waals surface area contributed by atoms with Gasteiger partial charge < -0.3 is 14.7 Å². The van der Waals surface area contributed by atoms with Crippen LogP contribution in [0.2, 0.25) is 0 Å². The quantitative estimate of drug-likeness (QED) is 0.764. The number of anilines is 1. The molecule has 1 aromatic carbocycles. The Balaban J connectivity index is 1.53. The molecule has 1 N–H and O–H groups in total. The zero-order chi connectivity index (χ0) is 19.3. The van der Waals surface area contributed by atoms with Gasteiger partial charge in [0.05, 0.1) is 5.60 Å². The summed E-state index contributed by atoms with van der Waals surface area (Å²) >= 11 is 0. The number of alkyl halides is 1. The topological polar surface area (TPSA) is 61.7 Å². The molecule has 1 atom stereocenters. The summed E-state index contributed by atoms with van der Waals surface area (Å²) in [5.74, 6) is 1.54. The highest BCUT2D eigenvalue weighted by Crippen LogP contribution is 2.26. The molecule has 146 valence electrons. The van der Waals surface area contributed by atoms with Crippen LogP contribution in [-0.2, 0) is 6.54 Å². The van der Waals surface area contributed by atoms with Crippen molar-refractivity contribution in [2.45, 2.75) is 25.5 Å². The summed E-state index contributed by atoms with van der Waals surface area (Å²) in [6, 6.07) is 9.59. The van der Waals surface area contributed by atoms with E-state index in [0.29, 0.717) is 25.3 Å². The number of aliphatic hydroxyl groups is 1. The number of nitrogens with zero attached hydrogens (tertiary/aromatic N) is 4. The number of β-amino-alcohol motifs (C(OH)–C–C–N with tert-alkyl or cyclic N) is 1. The third kappa shape index (κ3) is 5.37. The lowest BCUT2D eigenvalue weighted by atomic mass is 10.0. The van der Waals surface area contributed by atoms with E-state index < -0.39 is 12.3 Å². The Bertz CT molecular complexity index is 743. The zero-order valence-electron chi connectivity index (χ0n) is 15.9.